The third-order valence-corrected chi connectivity index (χ3v) is 1.22. The fourth-order valence-electron chi connectivity index (χ4n) is 0.691. The summed E-state index contributed by atoms with van der Waals surface area (Å²) in [6, 6.07) is 7.17. The van der Waals surface area contributed by atoms with Crippen LogP contribution < -0.4 is 10.2 Å². The summed E-state index contributed by atoms with van der Waals surface area (Å²) in [5.74, 6) is 0.765. The molecule has 5 heteroatoms. The first-order chi connectivity index (χ1) is 5.33. The fraction of sp³-hybridized carbons (Fsp3) is 0.250. The van der Waals surface area contributed by atoms with Crippen molar-refractivity contribution in [3.8, 4) is 5.75 Å². The second-order valence-electron chi connectivity index (χ2n) is 2.12. The molecule has 0 aliphatic carbocycles. The van der Waals surface area contributed by atoms with Crippen molar-refractivity contribution in [3.05, 3.63) is 24.3 Å². The summed E-state index contributed by atoms with van der Waals surface area (Å²) in [5.41, 5.74) is 0.731. The van der Waals surface area contributed by atoms with Crippen molar-refractivity contribution in [2.75, 3.05) is 13.9 Å². The van der Waals surface area contributed by atoms with Crippen molar-refractivity contribution in [2.24, 2.45) is 0 Å². The zero-order chi connectivity index (χ0) is 8.10. The van der Waals surface area contributed by atoms with E-state index in [9.17, 15) is 0 Å². The predicted octanol–water partition coefficient (Wildman–Crippen LogP) is 0.109. The minimum absolute atomic E-state index is 0. The molecule has 0 aliphatic heterocycles. The second-order valence-corrected chi connectivity index (χ2v) is 2.12. The number of ether oxygens (including phenoxy) is 2. The maximum absolute atomic E-state index is 5.47. The summed E-state index contributed by atoms with van der Waals surface area (Å²) in [4.78, 5) is 0. The molecule has 1 rings (SSSR count). The Morgan fingerprint density at radius 2 is 1.69 bits per heavy atom. The Morgan fingerprint density at radius 1 is 1.15 bits per heavy atom. The average molecular weight is 182 g/mol. The van der Waals surface area contributed by atoms with Crippen LogP contribution in [0.3, 0.4) is 0 Å². The van der Waals surface area contributed by atoms with Gasteiger partial charge in [-0.05, 0) is 0 Å². The summed E-state index contributed by atoms with van der Waals surface area (Å²) < 4.78 is 9.85. The molecular weight excluding hydrogens is 171 g/mol. The molecule has 0 saturated heterocycles. The molecule has 0 radical (unpaired) electrons. The molecule has 0 fully saturated rings. The van der Waals surface area contributed by atoms with E-state index in [1.165, 1.54) is 0 Å². The number of hydrogen-bond donors (Lipinski definition) is 0. The summed E-state index contributed by atoms with van der Waals surface area (Å²) in [5, 5.41) is 0. The maximum Gasteiger partial charge on any atom is -0.870 e. The van der Waals surface area contributed by atoms with Crippen LogP contribution in [-0.2, 0) is 4.74 Å². The van der Waals surface area contributed by atoms with Crippen LogP contribution in [-0.4, -0.2) is 32.7 Å². The Hall–Kier alpha value is -1.04. The molecule has 0 aromatic heterocycles. The van der Waals surface area contributed by atoms with E-state index < -0.39 is 0 Å². The Balaban J connectivity index is 0. The topological polar surface area (TPSA) is 78.5 Å². The normalized spacial score (nSPS) is 8.23. The van der Waals surface area contributed by atoms with Gasteiger partial charge in [-0.15, -0.1) is 0 Å². The van der Waals surface area contributed by atoms with Gasteiger partial charge in [-0.25, -0.2) is 0 Å². The van der Waals surface area contributed by atoms with Gasteiger partial charge in [0.1, 0.15) is 0 Å². The third kappa shape index (κ3) is 5.24. The Morgan fingerprint density at radius 3 is 2.15 bits per heavy atom. The van der Waals surface area contributed by atoms with Gasteiger partial charge in [0.25, 0.3) is 0 Å². The molecule has 1 aromatic carbocycles. The van der Waals surface area contributed by atoms with Gasteiger partial charge in [0.15, 0.2) is 0 Å². The molecule has 0 amide bonds. The van der Waals surface area contributed by atoms with Gasteiger partial charge >= 0.3 is 66.7 Å². The zero-order valence-electron chi connectivity index (χ0n) is 7.30. The van der Waals surface area contributed by atoms with Crippen LogP contribution in [0.4, 0.5) is 0 Å². The van der Waals surface area contributed by atoms with E-state index in [4.69, 9.17) is 17.3 Å². The number of benzene rings is 1. The largest absolute Gasteiger partial charge is 0.870 e. The second kappa shape index (κ2) is 7.61. The van der Waals surface area contributed by atoms with Gasteiger partial charge in [-0.2, -0.15) is 0 Å². The van der Waals surface area contributed by atoms with E-state index in [0.717, 1.165) is 11.2 Å². The number of rotatable bonds is 3. The van der Waals surface area contributed by atoms with Crippen molar-refractivity contribution in [3.63, 3.8) is 0 Å². The monoisotopic (exact) mass is 182 g/mol. The summed E-state index contributed by atoms with van der Waals surface area (Å²) >= 11 is 0. The predicted molar refractivity (Wildman–Crippen MR) is 48.2 cm³/mol. The van der Waals surface area contributed by atoms with Crippen molar-refractivity contribution >= 4 is 13.3 Å². The van der Waals surface area contributed by atoms with E-state index in [1.807, 2.05) is 0 Å². The SMILES string of the molecule is [B+2]c1ccc(OCOC)cc1.[OH-].[OH-]. The standard InChI is InChI=1S/C8H9BO2.2H2O/c1-10-6-11-8-4-2-7(9)3-5-8;;/h2-5H,6H2,1H3;2*1H2/q+2;;/p-2. The Kier molecular flexibility index (Phi) is 8.48. The number of methoxy groups -OCH3 is 1. The molecule has 0 spiro atoms. The molecule has 0 bridgehead atoms. The van der Waals surface area contributed by atoms with Crippen LogP contribution >= 0.6 is 0 Å². The summed E-state index contributed by atoms with van der Waals surface area (Å²) in [6.45, 7) is 0.268. The number of hydrogen-bond acceptors (Lipinski definition) is 4. The molecule has 0 unspecified atom stereocenters. The quantitative estimate of drug-likeness (QED) is 0.490. The Bertz CT molecular complexity index is 212. The first-order valence-electron chi connectivity index (χ1n) is 3.30. The van der Waals surface area contributed by atoms with E-state index in [-0.39, 0.29) is 17.7 Å². The van der Waals surface area contributed by atoms with Gasteiger partial charge in [-0.1, -0.05) is 0 Å². The van der Waals surface area contributed by atoms with Gasteiger partial charge in [0.2, 0.25) is 0 Å². The molecular formula is C8H11BO4. The van der Waals surface area contributed by atoms with Crippen LogP contribution in [0.2, 0.25) is 0 Å². The van der Waals surface area contributed by atoms with Gasteiger partial charge in [-0.3, -0.25) is 0 Å². The minimum Gasteiger partial charge on any atom is -0.870 e. The van der Waals surface area contributed by atoms with Gasteiger partial charge < -0.3 is 11.0 Å². The molecule has 13 heavy (non-hydrogen) atoms. The van der Waals surface area contributed by atoms with Crippen LogP contribution in [0.15, 0.2) is 24.3 Å². The first-order valence-corrected chi connectivity index (χ1v) is 3.30. The van der Waals surface area contributed by atoms with Crippen LogP contribution in [0.1, 0.15) is 0 Å². The van der Waals surface area contributed by atoms with Crippen molar-refractivity contribution in [2.45, 2.75) is 0 Å². The smallest absolute Gasteiger partial charge is 0.870 e. The fourth-order valence-corrected chi connectivity index (χ4v) is 0.691. The van der Waals surface area contributed by atoms with Crippen LogP contribution in [0, 0.1) is 0 Å². The van der Waals surface area contributed by atoms with Crippen molar-refractivity contribution < 1.29 is 20.4 Å². The Labute approximate surface area is 78.5 Å². The zero-order valence-corrected chi connectivity index (χ0v) is 7.30. The molecule has 70 valence electrons. The summed E-state index contributed by atoms with van der Waals surface area (Å²) in [6.07, 6.45) is 0. The molecule has 1 aromatic rings. The molecule has 0 saturated carbocycles. The summed E-state index contributed by atoms with van der Waals surface area (Å²) in [7, 11) is 7.05. The maximum atomic E-state index is 5.47. The van der Waals surface area contributed by atoms with Crippen LogP contribution in [0.25, 0.3) is 0 Å². The van der Waals surface area contributed by atoms with Crippen LogP contribution in [0.5, 0.6) is 5.75 Å². The van der Waals surface area contributed by atoms with Gasteiger partial charge in [0, 0.05) is 0 Å². The molecule has 0 aliphatic rings. The van der Waals surface area contributed by atoms with E-state index in [0.29, 0.717) is 0 Å². The molecule has 0 atom stereocenters. The third-order valence-electron chi connectivity index (χ3n) is 1.22. The van der Waals surface area contributed by atoms with E-state index in [1.54, 1.807) is 31.4 Å². The molecule has 0 heterocycles. The van der Waals surface area contributed by atoms with Crippen molar-refractivity contribution in [1.29, 1.82) is 0 Å². The van der Waals surface area contributed by atoms with E-state index >= 15 is 0 Å². The minimum atomic E-state index is 0. The van der Waals surface area contributed by atoms with E-state index in [2.05, 4.69) is 0 Å². The molecule has 4 nitrogen and oxygen atoms in total. The average Bonchev–Trinajstić information content (AvgIpc) is 2.04. The molecule has 2 N–H and O–H groups in total. The first kappa shape index (κ1) is 14.5. The van der Waals surface area contributed by atoms with Gasteiger partial charge in [0.05, 0.1) is 0 Å². The van der Waals surface area contributed by atoms with Crippen molar-refractivity contribution in [1.82, 2.24) is 0 Å².